The van der Waals surface area contributed by atoms with E-state index < -0.39 is 0 Å². The van der Waals surface area contributed by atoms with Crippen LogP contribution in [0.4, 0.5) is 0 Å². The first-order chi connectivity index (χ1) is 10.6. The van der Waals surface area contributed by atoms with Crippen LogP contribution >= 0.6 is 0 Å². The number of amides is 2. The Labute approximate surface area is 132 Å². The summed E-state index contributed by atoms with van der Waals surface area (Å²) in [6.07, 6.45) is 7.11. The van der Waals surface area contributed by atoms with E-state index in [1.165, 1.54) is 6.20 Å². The third-order valence-electron chi connectivity index (χ3n) is 4.13. The van der Waals surface area contributed by atoms with Crippen LogP contribution in [0.15, 0.2) is 18.5 Å². The first-order valence-electron chi connectivity index (χ1n) is 8.14. The molecule has 0 unspecified atom stereocenters. The van der Waals surface area contributed by atoms with E-state index in [-0.39, 0.29) is 11.8 Å². The van der Waals surface area contributed by atoms with Crippen molar-refractivity contribution in [2.75, 3.05) is 19.6 Å². The van der Waals surface area contributed by atoms with E-state index in [4.69, 9.17) is 0 Å². The second kappa shape index (κ2) is 7.92. The minimum absolute atomic E-state index is 0.0254. The van der Waals surface area contributed by atoms with Gasteiger partial charge in [-0.1, -0.05) is 20.3 Å². The lowest BCUT2D eigenvalue weighted by molar-refractivity contribution is 0.0697. The van der Waals surface area contributed by atoms with Crippen molar-refractivity contribution in [2.24, 2.45) is 5.92 Å². The van der Waals surface area contributed by atoms with E-state index in [0.717, 1.165) is 38.8 Å². The maximum absolute atomic E-state index is 12.5. The summed E-state index contributed by atoms with van der Waals surface area (Å²) in [5.74, 6) is 0.489. The third kappa shape index (κ3) is 4.29. The van der Waals surface area contributed by atoms with Gasteiger partial charge in [0, 0.05) is 32.0 Å². The van der Waals surface area contributed by atoms with Gasteiger partial charge >= 0.3 is 0 Å². The first kappa shape index (κ1) is 16.5. The zero-order valence-electron chi connectivity index (χ0n) is 13.5. The molecule has 2 heterocycles. The van der Waals surface area contributed by atoms with E-state index in [1.807, 2.05) is 4.90 Å². The van der Waals surface area contributed by atoms with Gasteiger partial charge in [-0.3, -0.25) is 14.6 Å². The Balaban J connectivity index is 2.01. The predicted molar refractivity (Wildman–Crippen MR) is 85.8 cm³/mol. The molecule has 0 bridgehead atoms. The molecule has 1 aliphatic rings. The van der Waals surface area contributed by atoms with E-state index in [0.29, 0.717) is 23.6 Å². The molecule has 0 radical (unpaired) electrons. The Morgan fingerprint density at radius 3 is 2.64 bits per heavy atom. The topological polar surface area (TPSA) is 62.3 Å². The summed E-state index contributed by atoms with van der Waals surface area (Å²) in [6.45, 7) is 6.51. The number of nitrogens with zero attached hydrogens (tertiary/aromatic N) is 2. The Morgan fingerprint density at radius 1 is 1.27 bits per heavy atom. The number of hydrogen-bond donors (Lipinski definition) is 1. The van der Waals surface area contributed by atoms with Gasteiger partial charge in [-0.25, -0.2) is 0 Å². The number of likely N-dealkylation sites (tertiary alicyclic amines) is 1. The van der Waals surface area contributed by atoms with Crippen LogP contribution in [-0.4, -0.2) is 41.3 Å². The molecule has 1 aliphatic heterocycles. The molecule has 22 heavy (non-hydrogen) atoms. The highest BCUT2D eigenvalue weighted by atomic mass is 16.2. The summed E-state index contributed by atoms with van der Waals surface area (Å²) < 4.78 is 0. The van der Waals surface area contributed by atoms with E-state index in [2.05, 4.69) is 24.1 Å². The minimum atomic E-state index is -0.164. The van der Waals surface area contributed by atoms with Crippen molar-refractivity contribution in [1.82, 2.24) is 15.2 Å². The number of pyridine rings is 1. The number of carbonyl (C=O) groups excluding carboxylic acids is 2. The van der Waals surface area contributed by atoms with Gasteiger partial charge in [0.1, 0.15) is 0 Å². The summed E-state index contributed by atoms with van der Waals surface area (Å²) in [7, 11) is 0. The van der Waals surface area contributed by atoms with E-state index >= 15 is 0 Å². The Kier molecular flexibility index (Phi) is 5.92. The van der Waals surface area contributed by atoms with Gasteiger partial charge in [-0.05, 0) is 31.2 Å². The van der Waals surface area contributed by atoms with Crippen molar-refractivity contribution in [3.05, 3.63) is 29.6 Å². The summed E-state index contributed by atoms with van der Waals surface area (Å²) in [5, 5.41) is 2.85. The molecule has 0 aromatic carbocycles. The molecule has 1 N–H and O–H groups in total. The number of hydrogen-bond acceptors (Lipinski definition) is 3. The molecule has 0 saturated carbocycles. The standard InChI is InChI=1S/C17H25N3O2/c1-3-4-7-19-16(21)14-10-15(12-18-11-14)17(22)20-8-5-13(2)6-9-20/h10-13H,3-9H2,1-2H3,(H,19,21). The number of unbranched alkanes of at least 4 members (excludes halogenated alkanes) is 1. The number of carbonyl (C=O) groups is 2. The molecule has 1 aromatic heterocycles. The van der Waals surface area contributed by atoms with E-state index in [1.54, 1.807) is 12.3 Å². The highest BCUT2D eigenvalue weighted by Crippen LogP contribution is 2.18. The molecule has 1 saturated heterocycles. The fourth-order valence-electron chi connectivity index (χ4n) is 2.56. The quantitative estimate of drug-likeness (QED) is 0.850. The van der Waals surface area contributed by atoms with Crippen LogP contribution < -0.4 is 5.32 Å². The molecule has 0 atom stereocenters. The lowest BCUT2D eigenvalue weighted by Crippen LogP contribution is -2.38. The van der Waals surface area contributed by atoms with Crippen molar-refractivity contribution in [2.45, 2.75) is 39.5 Å². The smallest absolute Gasteiger partial charge is 0.255 e. The Hall–Kier alpha value is -1.91. The lowest BCUT2D eigenvalue weighted by Gasteiger charge is -2.30. The van der Waals surface area contributed by atoms with Crippen molar-refractivity contribution in [3.63, 3.8) is 0 Å². The van der Waals surface area contributed by atoms with Crippen LogP contribution in [0.3, 0.4) is 0 Å². The molecule has 2 amide bonds. The normalized spacial score (nSPS) is 15.6. The van der Waals surface area contributed by atoms with Gasteiger partial charge < -0.3 is 10.2 Å². The third-order valence-corrected chi connectivity index (χ3v) is 4.13. The van der Waals surface area contributed by atoms with Crippen LogP contribution in [0, 0.1) is 5.92 Å². The monoisotopic (exact) mass is 303 g/mol. The second-order valence-electron chi connectivity index (χ2n) is 6.05. The Morgan fingerprint density at radius 2 is 1.95 bits per heavy atom. The van der Waals surface area contributed by atoms with Gasteiger partial charge in [0.05, 0.1) is 11.1 Å². The first-order valence-corrected chi connectivity index (χ1v) is 8.14. The zero-order chi connectivity index (χ0) is 15.9. The molecule has 0 aliphatic carbocycles. The summed E-state index contributed by atoms with van der Waals surface area (Å²) in [5.41, 5.74) is 0.949. The molecule has 5 heteroatoms. The highest BCUT2D eigenvalue weighted by Gasteiger charge is 2.22. The average molecular weight is 303 g/mol. The van der Waals surface area contributed by atoms with Crippen LogP contribution in [-0.2, 0) is 0 Å². The number of rotatable bonds is 5. The van der Waals surface area contributed by atoms with Crippen molar-refractivity contribution < 1.29 is 9.59 Å². The maximum Gasteiger partial charge on any atom is 0.255 e. The van der Waals surface area contributed by atoms with Crippen molar-refractivity contribution in [3.8, 4) is 0 Å². The minimum Gasteiger partial charge on any atom is -0.352 e. The van der Waals surface area contributed by atoms with E-state index in [9.17, 15) is 9.59 Å². The SMILES string of the molecule is CCCCNC(=O)c1cncc(C(=O)N2CCC(C)CC2)c1. The average Bonchev–Trinajstić information content (AvgIpc) is 2.55. The van der Waals surface area contributed by atoms with Gasteiger partial charge in [-0.2, -0.15) is 0 Å². The highest BCUT2D eigenvalue weighted by molar-refractivity contribution is 5.99. The van der Waals surface area contributed by atoms with Gasteiger partial charge in [0.2, 0.25) is 0 Å². The molecular weight excluding hydrogens is 278 g/mol. The summed E-state index contributed by atoms with van der Waals surface area (Å²) in [6, 6.07) is 1.65. The van der Waals surface area contributed by atoms with Crippen LogP contribution in [0.1, 0.15) is 60.2 Å². The molecule has 1 aromatic rings. The van der Waals surface area contributed by atoms with Crippen molar-refractivity contribution >= 4 is 11.8 Å². The van der Waals surface area contributed by atoms with Gasteiger partial charge in [0.15, 0.2) is 0 Å². The predicted octanol–water partition coefficient (Wildman–Crippen LogP) is 2.48. The number of nitrogens with one attached hydrogen (secondary N) is 1. The molecule has 120 valence electrons. The maximum atomic E-state index is 12.5. The van der Waals surface area contributed by atoms with Crippen molar-refractivity contribution in [1.29, 1.82) is 0 Å². The summed E-state index contributed by atoms with van der Waals surface area (Å²) >= 11 is 0. The molecule has 1 fully saturated rings. The van der Waals surface area contributed by atoms with Gasteiger partial charge in [-0.15, -0.1) is 0 Å². The number of aromatic nitrogens is 1. The van der Waals surface area contributed by atoms with Crippen LogP contribution in [0.25, 0.3) is 0 Å². The fraction of sp³-hybridized carbons (Fsp3) is 0.588. The zero-order valence-corrected chi connectivity index (χ0v) is 13.5. The molecule has 5 nitrogen and oxygen atoms in total. The Bertz CT molecular complexity index is 522. The molecular formula is C17H25N3O2. The second-order valence-corrected chi connectivity index (χ2v) is 6.05. The summed E-state index contributed by atoms with van der Waals surface area (Å²) in [4.78, 5) is 30.4. The lowest BCUT2D eigenvalue weighted by atomic mass is 9.98. The number of piperidine rings is 1. The molecule has 2 rings (SSSR count). The molecule has 0 spiro atoms. The van der Waals surface area contributed by atoms with Gasteiger partial charge in [0.25, 0.3) is 11.8 Å². The fourth-order valence-corrected chi connectivity index (χ4v) is 2.56. The largest absolute Gasteiger partial charge is 0.352 e. The van der Waals surface area contributed by atoms with Crippen LogP contribution in [0.2, 0.25) is 0 Å². The van der Waals surface area contributed by atoms with Crippen LogP contribution in [0.5, 0.6) is 0 Å².